The number of carbonyl (C=O) groups excluding carboxylic acids is 2. The van der Waals surface area contributed by atoms with E-state index in [1.54, 1.807) is 39.0 Å². The van der Waals surface area contributed by atoms with Crippen LogP contribution in [0.3, 0.4) is 0 Å². The van der Waals surface area contributed by atoms with Gasteiger partial charge in [0.25, 0.3) is 0 Å². The summed E-state index contributed by atoms with van der Waals surface area (Å²) in [4.78, 5) is 22.5. The van der Waals surface area contributed by atoms with Crippen LogP contribution in [0.15, 0.2) is 24.3 Å². The van der Waals surface area contributed by atoms with E-state index in [0.717, 1.165) is 0 Å². The van der Waals surface area contributed by atoms with Gasteiger partial charge in [0.2, 0.25) is 5.91 Å². The van der Waals surface area contributed by atoms with Gasteiger partial charge in [-0.1, -0.05) is 12.2 Å². The van der Waals surface area contributed by atoms with E-state index < -0.39 is 11.4 Å². The molecule has 0 aliphatic rings. The largest absolute Gasteiger partial charge is 0.460 e. The first kappa shape index (κ1) is 16.9. The highest BCUT2D eigenvalue weighted by molar-refractivity contribution is 5.89. The average Bonchev–Trinajstić information content (AvgIpc) is 2.24. The normalized spacial score (nSPS) is 11.5. The third kappa shape index (κ3) is 7.25. The number of halogens is 1. The Kier molecular flexibility index (Phi) is 5.64. The van der Waals surface area contributed by atoms with Gasteiger partial charge in [-0.3, -0.25) is 9.59 Å². The Hall–Kier alpha value is -2.17. The monoisotopic (exact) mass is 293 g/mol. The molecular weight excluding hydrogens is 273 g/mol. The van der Waals surface area contributed by atoms with Crippen LogP contribution in [0.25, 0.3) is 6.08 Å². The van der Waals surface area contributed by atoms with Crippen LogP contribution in [0, 0.1) is 5.82 Å². The van der Waals surface area contributed by atoms with Gasteiger partial charge in [0.05, 0.1) is 6.42 Å². The number of hydrogen-bond donors (Lipinski definition) is 1. The first-order chi connectivity index (χ1) is 9.65. The van der Waals surface area contributed by atoms with Crippen LogP contribution in [-0.2, 0) is 14.3 Å². The molecule has 114 valence electrons. The lowest BCUT2D eigenvalue weighted by molar-refractivity contribution is -0.153. The molecule has 0 aliphatic heterocycles. The highest BCUT2D eigenvalue weighted by Gasteiger charge is 2.14. The Morgan fingerprint density at radius 3 is 2.52 bits per heavy atom. The van der Waals surface area contributed by atoms with E-state index >= 15 is 0 Å². The summed E-state index contributed by atoms with van der Waals surface area (Å²) in [6.45, 7) is 6.73. The van der Waals surface area contributed by atoms with Crippen LogP contribution < -0.4 is 5.32 Å². The molecule has 1 aromatic carbocycles. The van der Waals surface area contributed by atoms with Crippen molar-refractivity contribution in [3.05, 3.63) is 35.7 Å². The SMILES string of the molecule is CC(=O)Nc1cc(F)cc(/C=C/CC(=O)OC(C)(C)C)c1. The zero-order chi connectivity index (χ0) is 16.0. The Morgan fingerprint density at radius 2 is 1.95 bits per heavy atom. The number of hydrogen-bond acceptors (Lipinski definition) is 3. The predicted molar refractivity (Wildman–Crippen MR) is 80.2 cm³/mol. The zero-order valence-electron chi connectivity index (χ0n) is 12.7. The Balaban J connectivity index is 2.70. The van der Waals surface area contributed by atoms with E-state index in [4.69, 9.17) is 4.74 Å². The van der Waals surface area contributed by atoms with Crippen LogP contribution in [0.5, 0.6) is 0 Å². The van der Waals surface area contributed by atoms with Crippen molar-refractivity contribution >= 4 is 23.6 Å². The molecule has 1 amide bonds. The molecule has 0 fully saturated rings. The number of carbonyl (C=O) groups is 2. The molecule has 1 rings (SSSR count). The molecule has 0 saturated heterocycles. The van der Waals surface area contributed by atoms with Gasteiger partial charge in [-0.05, 0) is 44.5 Å². The Bertz CT molecular complexity index is 559. The number of benzene rings is 1. The van der Waals surface area contributed by atoms with Crippen molar-refractivity contribution in [3.63, 3.8) is 0 Å². The maximum atomic E-state index is 13.4. The van der Waals surface area contributed by atoms with Gasteiger partial charge in [-0.2, -0.15) is 0 Å². The van der Waals surface area contributed by atoms with Crippen LogP contribution in [0.4, 0.5) is 10.1 Å². The fraction of sp³-hybridized carbons (Fsp3) is 0.375. The molecule has 0 aliphatic carbocycles. The van der Waals surface area contributed by atoms with Crippen molar-refractivity contribution in [3.8, 4) is 0 Å². The average molecular weight is 293 g/mol. The van der Waals surface area contributed by atoms with E-state index in [0.29, 0.717) is 11.3 Å². The van der Waals surface area contributed by atoms with Crippen LogP contribution in [0.2, 0.25) is 0 Å². The first-order valence-electron chi connectivity index (χ1n) is 6.62. The fourth-order valence-electron chi connectivity index (χ4n) is 1.66. The molecule has 0 unspecified atom stereocenters. The van der Waals surface area contributed by atoms with Gasteiger partial charge < -0.3 is 10.1 Å². The minimum Gasteiger partial charge on any atom is -0.460 e. The number of nitrogens with one attached hydrogen (secondary N) is 1. The van der Waals surface area contributed by atoms with Crippen LogP contribution in [0.1, 0.15) is 39.7 Å². The number of esters is 1. The van der Waals surface area contributed by atoms with Crippen molar-refractivity contribution < 1.29 is 18.7 Å². The highest BCUT2D eigenvalue weighted by Crippen LogP contribution is 2.16. The number of rotatable bonds is 4. The third-order valence-electron chi connectivity index (χ3n) is 2.26. The number of amides is 1. The molecular formula is C16H20FNO3. The smallest absolute Gasteiger partial charge is 0.310 e. The quantitative estimate of drug-likeness (QED) is 0.864. The molecule has 21 heavy (non-hydrogen) atoms. The van der Waals surface area contributed by atoms with Gasteiger partial charge in [0.1, 0.15) is 11.4 Å². The van der Waals surface area contributed by atoms with Gasteiger partial charge in [-0.15, -0.1) is 0 Å². The van der Waals surface area contributed by atoms with Crippen LogP contribution >= 0.6 is 0 Å². The Morgan fingerprint density at radius 1 is 1.29 bits per heavy atom. The lowest BCUT2D eigenvalue weighted by Crippen LogP contribution is -2.23. The molecule has 1 aromatic rings. The summed E-state index contributed by atoms with van der Waals surface area (Å²) in [5, 5.41) is 2.51. The minimum atomic E-state index is -0.525. The van der Waals surface area contributed by atoms with Gasteiger partial charge in [0.15, 0.2) is 0 Å². The lowest BCUT2D eigenvalue weighted by atomic mass is 10.1. The Labute approximate surface area is 124 Å². The van der Waals surface area contributed by atoms with E-state index in [2.05, 4.69) is 5.32 Å². The maximum absolute atomic E-state index is 13.4. The van der Waals surface area contributed by atoms with Gasteiger partial charge in [0, 0.05) is 12.6 Å². The number of anilines is 1. The molecule has 0 aromatic heterocycles. The highest BCUT2D eigenvalue weighted by atomic mass is 19.1. The van der Waals surface area contributed by atoms with Crippen molar-refractivity contribution in [2.24, 2.45) is 0 Å². The van der Waals surface area contributed by atoms with Gasteiger partial charge in [-0.25, -0.2) is 4.39 Å². The summed E-state index contributed by atoms with van der Waals surface area (Å²) in [5.41, 5.74) is 0.407. The standard InChI is InChI=1S/C16H20FNO3/c1-11(19)18-14-9-12(8-13(17)10-14)6-5-7-15(20)21-16(2,3)4/h5-6,8-10H,7H2,1-4H3,(H,18,19)/b6-5+. The summed E-state index contributed by atoms with van der Waals surface area (Å²) in [6, 6.07) is 4.17. The van der Waals surface area contributed by atoms with E-state index in [-0.39, 0.29) is 18.3 Å². The summed E-state index contributed by atoms with van der Waals surface area (Å²) in [6.07, 6.45) is 3.31. The summed E-state index contributed by atoms with van der Waals surface area (Å²) in [5.74, 6) is -1.08. The minimum absolute atomic E-state index is 0.100. The van der Waals surface area contributed by atoms with Gasteiger partial charge >= 0.3 is 5.97 Å². The zero-order valence-corrected chi connectivity index (χ0v) is 12.7. The van der Waals surface area contributed by atoms with Crippen LogP contribution in [-0.4, -0.2) is 17.5 Å². The molecule has 4 nitrogen and oxygen atoms in total. The van der Waals surface area contributed by atoms with Crippen molar-refractivity contribution in [1.82, 2.24) is 0 Å². The second-order valence-electron chi connectivity index (χ2n) is 5.65. The lowest BCUT2D eigenvalue weighted by Gasteiger charge is -2.18. The summed E-state index contributed by atoms with van der Waals surface area (Å²) >= 11 is 0. The molecule has 0 atom stereocenters. The van der Waals surface area contributed by atoms with E-state index in [9.17, 15) is 14.0 Å². The van der Waals surface area contributed by atoms with Crippen molar-refractivity contribution in [2.45, 2.75) is 39.7 Å². The third-order valence-corrected chi connectivity index (χ3v) is 2.26. The first-order valence-corrected chi connectivity index (χ1v) is 6.62. The molecule has 0 bridgehead atoms. The maximum Gasteiger partial charge on any atom is 0.310 e. The topological polar surface area (TPSA) is 55.4 Å². The van der Waals surface area contributed by atoms with Crippen molar-refractivity contribution in [1.29, 1.82) is 0 Å². The number of ether oxygens (including phenoxy) is 1. The fourth-order valence-corrected chi connectivity index (χ4v) is 1.66. The molecule has 5 heteroatoms. The second kappa shape index (κ2) is 7.02. The predicted octanol–water partition coefficient (Wildman–Crippen LogP) is 3.53. The summed E-state index contributed by atoms with van der Waals surface area (Å²) in [7, 11) is 0. The van der Waals surface area contributed by atoms with E-state index in [1.165, 1.54) is 19.1 Å². The second-order valence-corrected chi connectivity index (χ2v) is 5.65. The van der Waals surface area contributed by atoms with Crippen molar-refractivity contribution in [2.75, 3.05) is 5.32 Å². The van der Waals surface area contributed by atoms with E-state index in [1.807, 2.05) is 0 Å². The molecule has 0 radical (unpaired) electrons. The molecule has 1 N–H and O–H groups in total. The molecule has 0 spiro atoms. The summed E-state index contributed by atoms with van der Waals surface area (Å²) < 4.78 is 18.6. The molecule has 0 saturated carbocycles. The molecule has 0 heterocycles.